The summed E-state index contributed by atoms with van der Waals surface area (Å²) in [7, 11) is 0. The molecule has 0 amide bonds. The Hall–Kier alpha value is -1.66. The molecular weight excluding hydrogens is 323 g/mol. The molecule has 0 fully saturated rings. The van der Waals surface area contributed by atoms with E-state index in [2.05, 4.69) is 20.9 Å². The van der Waals surface area contributed by atoms with Gasteiger partial charge >= 0.3 is 0 Å². The van der Waals surface area contributed by atoms with Gasteiger partial charge < -0.3 is 4.74 Å². The monoisotopic (exact) mass is 328 g/mol. The second kappa shape index (κ2) is 5.32. The van der Waals surface area contributed by atoms with Crippen LogP contribution in [0.15, 0.2) is 41.1 Å². The van der Waals surface area contributed by atoms with E-state index < -0.39 is 4.92 Å². The Labute approximate surface area is 116 Å². The summed E-state index contributed by atoms with van der Waals surface area (Å²) in [4.78, 5) is 13.9. The third-order valence-corrected chi connectivity index (χ3v) is 2.97. The molecular formula is C11H6BrClN2O3. The minimum absolute atomic E-state index is 0.0823. The van der Waals surface area contributed by atoms with Crippen LogP contribution in [-0.4, -0.2) is 9.91 Å². The molecule has 0 aliphatic carbocycles. The Balaban J connectivity index is 2.30. The number of ether oxygens (including phenoxy) is 1. The first-order valence-corrected chi connectivity index (χ1v) is 5.96. The molecule has 0 aliphatic rings. The van der Waals surface area contributed by atoms with Crippen molar-refractivity contribution < 1.29 is 9.66 Å². The van der Waals surface area contributed by atoms with Crippen LogP contribution in [-0.2, 0) is 0 Å². The molecule has 5 nitrogen and oxygen atoms in total. The molecule has 0 radical (unpaired) electrons. The SMILES string of the molecule is O=[N+]([O-])c1ccc(Oc2ccncc2Br)c(Cl)c1. The maximum atomic E-state index is 10.6. The molecule has 1 aromatic heterocycles. The Morgan fingerprint density at radius 1 is 1.33 bits per heavy atom. The molecule has 0 unspecified atom stereocenters. The van der Waals surface area contributed by atoms with E-state index in [-0.39, 0.29) is 10.7 Å². The third-order valence-electron chi connectivity index (χ3n) is 2.08. The predicted molar refractivity (Wildman–Crippen MR) is 70.1 cm³/mol. The first-order valence-electron chi connectivity index (χ1n) is 4.79. The van der Waals surface area contributed by atoms with Crippen molar-refractivity contribution in [2.24, 2.45) is 0 Å². The zero-order valence-corrected chi connectivity index (χ0v) is 11.2. The van der Waals surface area contributed by atoms with Crippen LogP contribution in [0.1, 0.15) is 0 Å². The minimum atomic E-state index is -0.516. The molecule has 0 saturated carbocycles. The van der Waals surface area contributed by atoms with Crippen LogP contribution in [0.25, 0.3) is 0 Å². The summed E-state index contributed by atoms with van der Waals surface area (Å²) in [5, 5.41) is 10.7. The van der Waals surface area contributed by atoms with Gasteiger partial charge in [-0.2, -0.15) is 0 Å². The lowest BCUT2D eigenvalue weighted by Crippen LogP contribution is -1.90. The lowest BCUT2D eigenvalue weighted by atomic mass is 10.3. The van der Waals surface area contributed by atoms with Gasteiger partial charge in [0.05, 0.1) is 14.4 Å². The molecule has 0 spiro atoms. The standard InChI is InChI=1S/C11H6BrClN2O3/c12-8-6-14-4-3-10(8)18-11-2-1-7(15(16)17)5-9(11)13/h1-6H. The fourth-order valence-electron chi connectivity index (χ4n) is 1.25. The van der Waals surface area contributed by atoms with E-state index in [0.29, 0.717) is 16.0 Å². The van der Waals surface area contributed by atoms with Crippen molar-refractivity contribution in [1.29, 1.82) is 0 Å². The van der Waals surface area contributed by atoms with Gasteiger partial charge in [-0.1, -0.05) is 11.6 Å². The van der Waals surface area contributed by atoms with Crippen molar-refractivity contribution in [3.05, 3.63) is 56.3 Å². The zero-order chi connectivity index (χ0) is 13.1. The van der Waals surface area contributed by atoms with Crippen molar-refractivity contribution in [1.82, 2.24) is 4.98 Å². The highest BCUT2D eigenvalue weighted by Crippen LogP contribution is 2.34. The molecule has 7 heteroatoms. The van der Waals surface area contributed by atoms with Crippen LogP contribution in [0.4, 0.5) is 5.69 Å². The second-order valence-corrected chi connectivity index (χ2v) is 4.54. The summed E-state index contributed by atoms with van der Waals surface area (Å²) in [6, 6.07) is 5.68. The Morgan fingerprint density at radius 2 is 2.11 bits per heavy atom. The van der Waals surface area contributed by atoms with E-state index in [0.717, 1.165) is 0 Å². The van der Waals surface area contributed by atoms with Crippen molar-refractivity contribution in [2.45, 2.75) is 0 Å². The Bertz CT molecular complexity index is 607. The molecule has 92 valence electrons. The topological polar surface area (TPSA) is 65.3 Å². The van der Waals surface area contributed by atoms with Crippen LogP contribution >= 0.6 is 27.5 Å². The molecule has 1 aromatic carbocycles. The van der Waals surface area contributed by atoms with Crippen molar-refractivity contribution >= 4 is 33.2 Å². The molecule has 0 bridgehead atoms. The van der Waals surface area contributed by atoms with Gasteiger partial charge in [0.25, 0.3) is 5.69 Å². The summed E-state index contributed by atoms with van der Waals surface area (Å²) >= 11 is 9.19. The van der Waals surface area contributed by atoms with Crippen molar-refractivity contribution in [3.8, 4) is 11.5 Å². The lowest BCUT2D eigenvalue weighted by molar-refractivity contribution is -0.384. The predicted octanol–water partition coefficient (Wildman–Crippen LogP) is 4.20. The number of nitro groups is 1. The average molecular weight is 330 g/mol. The number of hydrogen-bond acceptors (Lipinski definition) is 4. The summed E-state index contributed by atoms with van der Waals surface area (Å²) in [6.07, 6.45) is 3.15. The lowest BCUT2D eigenvalue weighted by Gasteiger charge is -2.08. The first-order chi connectivity index (χ1) is 8.58. The quantitative estimate of drug-likeness (QED) is 0.625. The molecule has 1 heterocycles. The Kier molecular flexibility index (Phi) is 3.78. The van der Waals surface area contributed by atoms with Gasteiger partial charge in [-0.25, -0.2) is 0 Å². The normalized spacial score (nSPS) is 10.1. The van der Waals surface area contributed by atoms with Gasteiger partial charge in [0.15, 0.2) is 0 Å². The second-order valence-electron chi connectivity index (χ2n) is 3.28. The molecule has 0 N–H and O–H groups in total. The number of hydrogen-bond donors (Lipinski definition) is 0. The molecule has 2 rings (SSSR count). The molecule has 0 atom stereocenters. The maximum Gasteiger partial charge on any atom is 0.271 e. The number of aromatic nitrogens is 1. The van der Waals surface area contributed by atoms with E-state index in [1.54, 1.807) is 18.5 Å². The number of pyridine rings is 1. The number of rotatable bonds is 3. The van der Waals surface area contributed by atoms with Crippen molar-refractivity contribution in [2.75, 3.05) is 0 Å². The number of benzene rings is 1. The van der Waals surface area contributed by atoms with Crippen LogP contribution in [0, 0.1) is 10.1 Å². The fourth-order valence-corrected chi connectivity index (χ4v) is 1.79. The van der Waals surface area contributed by atoms with Crippen LogP contribution in [0.3, 0.4) is 0 Å². The summed E-state index contributed by atoms with van der Waals surface area (Å²) in [5.74, 6) is 0.870. The smallest absolute Gasteiger partial charge is 0.271 e. The first kappa shape index (κ1) is 12.8. The van der Waals surface area contributed by atoms with Crippen LogP contribution in [0.5, 0.6) is 11.5 Å². The molecule has 0 aliphatic heterocycles. The van der Waals surface area contributed by atoms with E-state index in [1.165, 1.54) is 18.2 Å². The highest BCUT2D eigenvalue weighted by Gasteiger charge is 2.11. The van der Waals surface area contributed by atoms with Gasteiger partial charge in [0, 0.05) is 30.6 Å². The molecule has 2 aromatic rings. The summed E-state index contributed by atoms with van der Waals surface area (Å²) < 4.78 is 6.20. The highest BCUT2D eigenvalue weighted by molar-refractivity contribution is 9.10. The highest BCUT2D eigenvalue weighted by atomic mass is 79.9. The zero-order valence-electron chi connectivity index (χ0n) is 8.84. The van der Waals surface area contributed by atoms with Gasteiger partial charge in [-0.15, -0.1) is 0 Å². The maximum absolute atomic E-state index is 10.6. The van der Waals surface area contributed by atoms with Crippen LogP contribution < -0.4 is 4.74 Å². The summed E-state index contributed by atoms with van der Waals surface area (Å²) in [5.41, 5.74) is -0.0823. The van der Waals surface area contributed by atoms with Gasteiger partial charge in [0.1, 0.15) is 11.5 Å². The summed E-state index contributed by atoms with van der Waals surface area (Å²) in [6.45, 7) is 0. The van der Waals surface area contributed by atoms with Gasteiger partial charge in [-0.3, -0.25) is 15.1 Å². The largest absolute Gasteiger partial charge is 0.454 e. The van der Waals surface area contributed by atoms with Gasteiger partial charge in [-0.05, 0) is 22.0 Å². The van der Waals surface area contributed by atoms with E-state index in [9.17, 15) is 10.1 Å². The van der Waals surface area contributed by atoms with Crippen LogP contribution in [0.2, 0.25) is 5.02 Å². The average Bonchev–Trinajstić information content (AvgIpc) is 2.34. The minimum Gasteiger partial charge on any atom is -0.454 e. The molecule has 0 saturated heterocycles. The number of nitro benzene ring substituents is 1. The van der Waals surface area contributed by atoms with E-state index >= 15 is 0 Å². The number of halogens is 2. The Morgan fingerprint density at radius 3 is 2.72 bits per heavy atom. The van der Waals surface area contributed by atoms with E-state index in [4.69, 9.17) is 16.3 Å². The number of nitrogens with zero attached hydrogens (tertiary/aromatic N) is 2. The number of non-ortho nitro benzene ring substituents is 1. The third kappa shape index (κ3) is 2.77. The van der Waals surface area contributed by atoms with Gasteiger partial charge in [0.2, 0.25) is 0 Å². The molecule has 18 heavy (non-hydrogen) atoms. The van der Waals surface area contributed by atoms with E-state index in [1.807, 2.05) is 0 Å². The van der Waals surface area contributed by atoms with Crippen molar-refractivity contribution in [3.63, 3.8) is 0 Å². The fraction of sp³-hybridized carbons (Fsp3) is 0.